The van der Waals surface area contributed by atoms with E-state index in [1.54, 1.807) is 13.0 Å². The van der Waals surface area contributed by atoms with Gasteiger partial charge in [-0.1, -0.05) is 23.4 Å². The van der Waals surface area contributed by atoms with Gasteiger partial charge in [-0.3, -0.25) is 5.32 Å². The summed E-state index contributed by atoms with van der Waals surface area (Å²) in [5.41, 5.74) is 0.858. The molecule has 1 atom stereocenters. The largest absolute Gasteiger partial charge is 0.491 e. The quantitative estimate of drug-likeness (QED) is 0.534. The average Bonchev–Trinajstić information content (AvgIpc) is 2.73. The molecular weight excluding hydrogens is 422 g/mol. The number of nitrogens with one attached hydrogen (secondary N) is 2. The average molecular weight is 442 g/mol. The second-order valence-corrected chi connectivity index (χ2v) is 7.04. The Morgan fingerprint density at radius 1 is 1.23 bits per heavy atom. The SMILES string of the molecule is CC(O)C#Cc1cc2c(cc1Cl)NC(=O)Nc1cnc(C#N)c(n1)OCCCCCO2. The van der Waals surface area contributed by atoms with E-state index in [1.807, 2.05) is 6.07 Å². The first-order valence-electron chi connectivity index (χ1n) is 9.60. The van der Waals surface area contributed by atoms with Crippen LogP contribution in [0.15, 0.2) is 18.3 Å². The number of amides is 2. The van der Waals surface area contributed by atoms with Crippen molar-refractivity contribution in [3.63, 3.8) is 0 Å². The Balaban J connectivity index is 1.91. The second-order valence-electron chi connectivity index (χ2n) is 6.63. The van der Waals surface area contributed by atoms with Crippen LogP contribution in [0.4, 0.5) is 16.3 Å². The number of aliphatic hydroxyl groups is 1. The molecule has 1 aromatic heterocycles. The van der Waals surface area contributed by atoms with Crippen molar-refractivity contribution in [2.24, 2.45) is 0 Å². The van der Waals surface area contributed by atoms with Gasteiger partial charge in [-0.2, -0.15) is 10.2 Å². The lowest BCUT2D eigenvalue weighted by molar-refractivity contribution is 0.253. The first kappa shape index (κ1) is 22.2. The van der Waals surface area contributed by atoms with Gasteiger partial charge >= 0.3 is 6.03 Å². The van der Waals surface area contributed by atoms with Gasteiger partial charge in [0.2, 0.25) is 5.69 Å². The van der Waals surface area contributed by atoms with Crippen molar-refractivity contribution in [3.05, 3.63) is 34.6 Å². The summed E-state index contributed by atoms with van der Waals surface area (Å²) in [5.74, 6) is 6.02. The van der Waals surface area contributed by atoms with Crippen molar-refractivity contribution < 1.29 is 19.4 Å². The topological polar surface area (TPSA) is 129 Å². The summed E-state index contributed by atoms with van der Waals surface area (Å²) < 4.78 is 11.4. The fourth-order valence-electron chi connectivity index (χ4n) is 2.66. The number of aromatic nitrogens is 2. The van der Waals surface area contributed by atoms with Gasteiger partial charge in [-0.25, -0.2) is 9.78 Å². The molecule has 0 saturated heterocycles. The zero-order chi connectivity index (χ0) is 22.2. The normalized spacial score (nSPS) is 15.0. The van der Waals surface area contributed by atoms with E-state index in [0.717, 1.165) is 19.3 Å². The highest BCUT2D eigenvalue weighted by atomic mass is 35.5. The van der Waals surface area contributed by atoms with Crippen LogP contribution >= 0.6 is 11.6 Å². The van der Waals surface area contributed by atoms with Gasteiger partial charge in [-0.05, 0) is 38.3 Å². The summed E-state index contributed by atoms with van der Waals surface area (Å²) in [6.45, 7) is 2.30. The third kappa shape index (κ3) is 6.22. The van der Waals surface area contributed by atoms with Crippen LogP contribution in [0.3, 0.4) is 0 Å². The van der Waals surface area contributed by atoms with Crippen molar-refractivity contribution in [1.29, 1.82) is 5.26 Å². The number of rotatable bonds is 0. The van der Waals surface area contributed by atoms with E-state index in [0.29, 0.717) is 35.2 Å². The number of halogens is 1. The van der Waals surface area contributed by atoms with Crippen molar-refractivity contribution in [2.75, 3.05) is 23.8 Å². The van der Waals surface area contributed by atoms with Crippen LogP contribution < -0.4 is 20.1 Å². The van der Waals surface area contributed by atoms with Gasteiger partial charge in [0.05, 0.1) is 30.1 Å². The van der Waals surface area contributed by atoms with E-state index in [4.69, 9.17) is 26.3 Å². The Morgan fingerprint density at radius 2 is 2.00 bits per heavy atom. The monoisotopic (exact) mass is 441 g/mol. The van der Waals surface area contributed by atoms with E-state index < -0.39 is 12.1 Å². The van der Waals surface area contributed by atoms with E-state index >= 15 is 0 Å². The maximum atomic E-state index is 12.5. The maximum absolute atomic E-state index is 12.5. The minimum absolute atomic E-state index is 0.0431. The van der Waals surface area contributed by atoms with E-state index in [1.165, 1.54) is 12.3 Å². The third-order valence-electron chi connectivity index (χ3n) is 4.11. The lowest BCUT2D eigenvalue weighted by atomic mass is 10.1. The number of anilines is 2. The molecule has 2 heterocycles. The van der Waals surface area contributed by atoms with E-state index in [2.05, 4.69) is 32.4 Å². The third-order valence-corrected chi connectivity index (χ3v) is 4.42. The van der Waals surface area contributed by atoms with E-state index in [9.17, 15) is 9.90 Å². The number of carbonyl (C=O) groups excluding carboxylic acids is 1. The Labute approximate surface area is 184 Å². The summed E-state index contributed by atoms with van der Waals surface area (Å²) in [4.78, 5) is 20.6. The summed E-state index contributed by atoms with van der Waals surface area (Å²) in [5, 5.41) is 24.1. The molecule has 2 amide bonds. The molecule has 3 N–H and O–H groups in total. The lowest BCUT2D eigenvalue weighted by Crippen LogP contribution is -2.21. The zero-order valence-electron chi connectivity index (χ0n) is 16.7. The molecule has 1 aliphatic rings. The molecule has 10 heteroatoms. The summed E-state index contributed by atoms with van der Waals surface area (Å²) in [6, 6.07) is 4.46. The number of nitrogens with zero attached hydrogens (tertiary/aromatic N) is 3. The maximum Gasteiger partial charge on any atom is 0.325 e. The van der Waals surface area contributed by atoms with E-state index in [-0.39, 0.29) is 17.4 Å². The predicted molar refractivity (Wildman–Crippen MR) is 114 cm³/mol. The molecule has 0 saturated carbocycles. The molecule has 0 radical (unpaired) electrons. The van der Waals surface area contributed by atoms with Gasteiger partial charge < -0.3 is 19.9 Å². The number of ether oxygens (including phenoxy) is 2. The molecule has 1 aromatic carbocycles. The minimum Gasteiger partial charge on any atom is -0.491 e. The number of nitriles is 1. The zero-order valence-corrected chi connectivity index (χ0v) is 17.5. The molecule has 31 heavy (non-hydrogen) atoms. The number of hydrogen-bond donors (Lipinski definition) is 3. The molecule has 0 spiro atoms. The number of aliphatic hydroxyl groups excluding tert-OH is 1. The summed E-state index contributed by atoms with van der Waals surface area (Å²) >= 11 is 6.29. The Kier molecular flexibility index (Phi) is 7.50. The van der Waals surface area contributed by atoms with Crippen LogP contribution in [0.25, 0.3) is 0 Å². The van der Waals surface area contributed by atoms with Gasteiger partial charge in [0.15, 0.2) is 5.82 Å². The Hall–Kier alpha value is -3.53. The highest BCUT2D eigenvalue weighted by Gasteiger charge is 2.15. The Morgan fingerprint density at radius 3 is 2.74 bits per heavy atom. The lowest BCUT2D eigenvalue weighted by Gasteiger charge is -2.14. The first-order valence-corrected chi connectivity index (χ1v) is 9.98. The van der Waals surface area contributed by atoms with Crippen molar-refractivity contribution in [3.8, 4) is 29.5 Å². The summed E-state index contributed by atoms with van der Waals surface area (Å²) in [6.07, 6.45) is 2.74. The molecule has 0 fully saturated rings. The molecule has 0 aliphatic carbocycles. The molecule has 2 aromatic rings. The van der Waals surface area contributed by atoms with Gasteiger partial charge in [0.1, 0.15) is 17.9 Å². The van der Waals surface area contributed by atoms with Crippen molar-refractivity contribution >= 4 is 29.1 Å². The van der Waals surface area contributed by atoms with Gasteiger partial charge in [0.25, 0.3) is 5.88 Å². The highest BCUT2D eigenvalue weighted by Crippen LogP contribution is 2.32. The number of urea groups is 1. The van der Waals surface area contributed by atoms with Crippen LogP contribution in [0, 0.1) is 23.2 Å². The van der Waals surface area contributed by atoms with Crippen molar-refractivity contribution in [2.45, 2.75) is 32.3 Å². The van der Waals surface area contributed by atoms with Crippen LogP contribution in [0.2, 0.25) is 5.02 Å². The standard InChI is InChI=1S/C21H20ClN5O4/c1-13(28)5-6-14-9-18-16(10-15(14)22)25-21(29)27-19-12-24-17(11-23)20(26-19)31-8-4-2-3-7-30-18/h9-10,12-13,28H,2-4,7-8H2,1H3,(H2,25,26,27,29). The molecule has 1 aliphatic heterocycles. The molecular formula is C21H20ClN5O4. The number of hydrogen-bond acceptors (Lipinski definition) is 7. The highest BCUT2D eigenvalue weighted by molar-refractivity contribution is 6.32. The minimum atomic E-state index is -0.806. The van der Waals surface area contributed by atoms with Crippen molar-refractivity contribution in [1.82, 2.24) is 9.97 Å². The molecule has 3 rings (SSSR count). The molecule has 2 bridgehead atoms. The number of benzene rings is 1. The first-order chi connectivity index (χ1) is 15.0. The number of fused-ring (bicyclic) bond motifs is 3. The Bertz CT molecular complexity index is 1070. The van der Waals surface area contributed by atoms with Gasteiger partial charge in [-0.15, -0.1) is 0 Å². The smallest absolute Gasteiger partial charge is 0.325 e. The molecule has 1 unspecified atom stereocenters. The summed E-state index contributed by atoms with van der Waals surface area (Å²) in [7, 11) is 0. The molecule has 9 nitrogen and oxygen atoms in total. The van der Waals surface area contributed by atoms with Crippen LogP contribution in [0.1, 0.15) is 37.4 Å². The predicted octanol–water partition coefficient (Wildman–Crippen LogP) is 3.32. The van der Waals surface area contributed by atoms with Crippen LogP contribution in [0.5, 0.6) is 11.6 Å². The fraction of sp³-hybridized carbons (Fsp3) is 0.333. The van der Waals surface area contributed by atoms with Crippen LogP contribution in [-0.4, -0.2) is 40.4 Å². The van der Waals surface area contributed by atoms with Crippen LogP contribution in [-0.2, 0) is 0 Å². The molecule has 160 valence electrons. The van der Waals surface area contributed by atoms with Gasteiger partial charge in [0, 0.05) is 5.56 Å². The fourth-order valence-corrected chi connectivity index (χ4v) is 2.87. The number of carbonyl (C=O) groups is 1. The second kappa shape index (κ2) is 10.5.